The van der Waals surface area contributed by atoms with Crippen molar-refractivity contribution in [3.05, 3.63) is 0 Å². The molecule has 0 aromatic heterocycles. The second-order valence-electron chi connectivity index (χ2n) is 6.03. The maximum absolute atomic E-state index is 12.3. The minimum absolute atomic E-state index is 0.0148. The molecule has 2 atom stereocenters. The topological polar surface area (TPSA) is 66.4 Å². The van der Waals surface area contributed by atoms with Crippen LogP contribution in [0.15, 0.2) is 0 Å². The molecule has 2 saturated carbocycles. The molecule has 2 rings (SSSR count). The van der Waals surface area contributed by atoms with Crippen LogP contribution in [0.5, 0.6) is 0 Å². The number of carbonyl (C=O) groups excluding carboxylic acids is 1. The van der Waals surface area contributed by atoms with Crippen LogP contribution in [0.3, 0.4) is 0 Å². The summed E-state index contributed by atoms with van der Waals surface area (Å²) in [6, 6.07) is 0.270. The Morgan fingerprint density at radius 2 is 1.32 bits per heavy atom. The van der Waals surface area contributed by atoms with Gasteiger partial charge in [-0.15, -0.1) is 0 Å². The summed E-state index contributed by atoms with van der Waals surface area (Å²) in [4.78, 5) is 23.6. The molecule has 0 bridgehead atoms. The molecule has 1 amide bonds. The van der Waals surface area contributed by atoms with E-state index in [-0.39, 0.29) is 17.9 Å². The van der Waals surface area contributed by atoms with Crippen molar-refractivity contribution >= 4 is 11.9 Å². The van der Waals surface area contributed by atoms with E-state index in [4.69, 9.17) is 0 Å². The van der Waals surface area contributed by atoms with Crippen molar-refractivity contribution < 1.29 is 14.7 Å². The minimum atomic E-state index is -0.805. The van der Waals surface area contributed by atoms with Gasteiger partial charge in [-0.1, -0.05) is 38.5 Å². The van der Waals surface area contributed by atoms with Gasteiger partial charge in [-0.05, 0) is 25.7 Å². The van der Waals surface area contributed by atoms with Crippen LogP contribution in [0.4, 0.5) is 0 Å². The number of carboxylic acids is 1. The van der Waals surface area contributed by atoms with Crippen molar-refractivity contribution in [3.8, 4) is 0 Å². The average molecular weight is 267 g/mol. The van der Waals surface area contributed by atoms with Gasteiger partial charge in [0.05, 0.1) is 11.8 Å². The van der Waals surface area contributed by atoms with E-state index >= 15 is 0 Å². The summed E-state index contributed by atoms with van der Waals surface area (Å²) in [6.07, 6.45) is 10.3. The summed E-state index contributed by atoms with van der Waals surface area (Å²) in [6.45, 7) is 0. The third kappa shape index (κ3) is 3.95. The second kappa shape index (κ2) is 6.92. The fourth-order valence-corrected chi connectivity index (χ4v) is 3.47. The number of aliphatic carboxylic acids is 1. The maximum atomic E-state index is 12.3. The summed E-state index contributed by atoms with van der Waals surface area (Å²) in [5.74, 6) is -1.60. The van der Waals surface area contributed by atoms with Crippen LogP contribution in [0.25, 0.3) is 0 Å². The van der Waals surface area contributed by atoms with Gasteiger partial charge in [-0.3, -0.25) is 9.59 Å². The van der Waals surface area contributed by atoms with Gasteiger partial charge in [0.15, 0.2) is 0 Å². The predicted octanol–water partition coefficient (Wildman–Crippen LogP) is 2.72. The molecule has 2 aliphatic rings. The molecule has 0 unspecified atom stereocenters. The van der Waals surface area contributed by atoms with E-state index in [2.05, 4.69) is 5.32 Å². The summed E-state index contributed by atoms with van der Waals surface area (Å²) in [5.41, 5.74) is 0. The van der Waals surface area contributed by atoms with Gasteiger partial charge in [0.25, 0.3) is 0 Å². The number of amides is 1. The zero-order valence-electron chi connectivity index (χ0n) is 11.6. The fourth-order valence-electron chi connectivity index (χ4n) is 3.47. The van der Waals surface area contributed by atoms with Gasteiger partial charge in [0, 0.05) is 6.04 Å². The summed E-state index contributed by atoms with van der Waals surface area (Å²) in [5, 5.41) is 12.3. The zero-order valence-corrected chi connectivity index (χ0v) is 11.6. The Morgan fingerprint density at radius 1 is 0.789 bits per heavy atom. The van der Waals surface area contributed by atoms with Crippen molar-refractivity contribution in [2.24, 2.45) is 11.8 Å². The molecule has 4 nitrogen and oxygen atoms in total. The highest BCUT2D eigenvalue weighted by Gasteiger charge is 2.36. The fraction of sp³-hybridized carbons (Fsp3) is 0.867. The van der Waals surface area contributed by atoms with E-state index < -0.39 is 11.9 Å². The smallest absolute Gasteiger partial charge is 0.307 e. The van der Waals surface area contributed by atoms with Crippen LogP contribution in [0.1, 0.15) is 64.2 Å². The van der Waals surface area contributed by atoms with Crippen molar-refractivity contribution in [3.63, 3.8) is 0 Å². The molecule has 0 aliphatic heterocycles. The van der Waals surface area contributed by atoms with E-state index in [1.165, 1.54) is 25.7 Å². The molecule has 0 aromatic rings. The molecule has 4 heteroatoms. The highest BCUT2D eigenvalue weighted by molar-refractivity contribution is 5.85. The number of nitrogens with one attached hydrogen (secondary N) is 1. The molecule has 2 fully saturated rings. The van der Waals surface area contributed by atoms with E-state index in [1.807, 2.05) is 0 Å². The Labute approximate surface area is 115 Å². The molecular formula is C15H25NO3. The lowest BCUT2D eigenvalue weighted by molar-refractivity contribution is -0.149. The van der Waals surface area contributed by atoms with Gasteiger partial charge >= 0.3 is 5.97 Å². The lowest BCUT2D eigenvalue weighted by Crippen LogP contribution is -2.43. The molecule has 19 heavy (non-hydrogen) atoms. The van der Waals surface area contributed by atoms with Crippen LogP contribution in [-0.4, -0.2) is 23.0 Å². The predicted molar refractivity (Wildman–Crippen MR) is 72.7 cm³/mol. The van der Waals surface area contributed by atoms with Crippen LogP contribution >= 0.6 is 0 Å². The molecule has 0 radical (unpaired) electrons. The molecule has 0 saturated heterocycles. The Bertz CT molecular complexity index is 321. The molecule has 108 valence electrons. The summed E-state index contributed by atoms with van der Waals surface area (Å²) >= 11 is 0. The number of hydrogen-bond acceptors (Lipinski definition) is 2. The molecule has 0 spiro atoms. The normalized spacial score (nSPS) is 29.5. The van der Waals surface area contributed by atoms with Crippen molar-refractivity contribution in [1.29, 1.82) is 0 Å². The van der Waals surface area contributed by atoms with Crippen molar-refractivity contribution in [1.82, 2.24) is 5.32 Å². The number of carboxylic acid groups (broad SMARTS) is 1. The van der Waals surface area contributed by atoms with E-state index in [9.17, 15) is 14.7 Å². The second-order valence-corrected chi connectivity index (χ2v) is 6.03. The largest absolute Gasteiger partial charge is 0.481 e. The number of carbonyl (C=O) groups is 2. The molecule has 0 heterocycles. The SMILES string of the molecule is O=C(O)[C@H]1CCCC[C@H]1C(=O)NC1CCCCCC1. The summed E-state index contributed by atoms with van der Waals surface area (Å²) in [7, 11) is 0. The highest BCUT2D eigenvalue weighted by Crippen LogP contribution is 2.31. The summed E-state index contributed by atoms with van der Waals surface area (Å²) < 4.78 is 0. The third-order valence-electron chi connectivity index (χ3n) is 4.62. The first-order valence-corrected chi connectivity index (χ1v) is 7.71. The van der Waals surface area contributed by atoms with Gasteiger partial charge in [0.1, 0.15) is 0 Å². The highest BCUT2D eigenvalue weighted by atomic mass is 16.4. The van der Waals surface area contributed by atoms with Gasteiger partial charge in [0.2, 0.25) is 5.91 Å². The minimum Gasteiger partial charge on any atom is -0.481 e. The lowest BCUT2D eigenvalue weighted by atomic mass is 9.78. The van der Waals surface area contributed by atoms with Crippen LogP contribution in [0, 0.1) is 11.8 Å². The Hall–Kier alpha value is -1.06. The molecule has 2 aliphatic carbocycles. The van der Waals surface area contributed by atoms with E-state index in [0.29, 0.717) is 6.42 Å². The van der Waals surface area contributed by atoms with Crippen LogP contribution in [0.2, 0.25) is 0 Å². The Morgan fingerprint density at radius 3 is 1.89 bits per heavy atom. The van der Waals surface area contributed by atoms with E-state index in [0.717, 1.165) is 32.1 Å². The Kier molecular flexibility index (Phi) is 5.23. The van der Waals surface area contributed by atoms with Gasteiger partial charge in [-0.2, -0.15) is 0 Å². The lowest BCUT2D eigenvalue weighted by Gasteiger charge is -2.29. The third-order valence-corrected chi connectivity index (χ3v) is 4.62. The van der Waals surface area contributed by atoms with Crippen molar-refractivity contribution in [2.45, 2.75) is 70.3 Å². The van der Waals surface area contributed by atoms with Crippen LogP contribution in [-0.2, 0) is 9.59 Å². The van der Waals surface area contributed by atoms with Gasteiger partial charge < -0.3 is 10.4 Å². The van der Waals surface area contributed by atoms with Gasteiger partial charge in [-0.25, -0.2) is 0 Å². The number of rotatable bonds is 3. The molecule has 2 N–H and O–H groups in total. The zero-order chi connectivity index (χ0) is 13.7. The standard InChI is InChI=1S/C15H25NO3/c17-14(16-11-7-3-1-2-4-8-11)12-9-5-6-10-13(12)15(18)19/h11-13H,1-10H2,(H,16,17)(H,18,19)/t12-,13+/m1/s1. The first-order valence-electron chi connectivity index (χ1n) is 7.71. The maximum Gasteiger partial charge on any atom is 0.307 e. The van der Waals surface area contributed by atoms with Crippen molar-refractivity contribution in [2.75, 3.05) is 0 Å². The van der Waals surface area contributed by atoms with E-state index in [1.54, 1.807) is 0 Å². The van der Waals surface area contributed by atoms with Crippen LogP contribution < -0.4 is 5.32 Å². The first kappa shape index (κ1) is 14.4. The Balaban J connectivity index is 1.91. The monoisotopic (exact) mass is 267 g/mol. The number of hydrogen-bond donors (Lipinski definition) is 2. The first-order chi connectivity index (χ1) is 9.18. The molecular weight excluding hydrogens is 242 g/mol. The quantitative estimate of drug-likeness (QED) is 0.773. The molecule has 0 aromatic carbocycles. The average Bonchev–Trinajstić information content (AvgIpc) is 2.67.